The Balaban J connectivity index is 1.76. The lowest BCUT2D eigenvalue weighted by molar-refractivity contribution is 0.599. The van der Waals surface area contributed by atoms with Gasteiger partial charge in [-0.25, -0.2) is 15.0 Å². The van der Waals surface area contributed by atoms with Crippen LogP contribution in [0.2, 0.25) is 0 Å². The van der Waals surface area contributed by atoms with E-state index in [9.17, 15) is 0 Å². The Bertz CT molecular complexity index is 806. The van der Waals surface area contributed by atoms with E-state index in [4.69, 9.17) is 0 Å². The maximum Gasteiger partial charge on any atom is 0.227 e. The summed E-state index contributed by atoms with van der Waals surface area (Å²) in [7, 11) is 0. The molecule has 4 rings (SSSR count). The van der Waals surface area contributed by atoms with Crippen molar-refractivity contribution in [1.82, 2.24) is 24.5 Å². The highest BCUT2D eigenvalue weighted by Gasteiger charge is 2.18. The van der Waals surface area contributed by atoms with Crippen LogP contribution in [-0.2, 0) is 0 Å². The van der Waals surface area contributed by atoms with Gasteiger partial charge in [-0.1, -0.05) is 6.07 Å². The van der Waals surface area contributed by atoms with Crippen LogP contribution in [0.1, 0.15) is 12.1 Å². The third-order valence-corrected chi connectivity index (χ3v) is 3.77. The van der Waals surface area contributed by atoms with Gasteiger partial charge in [-0.3, -0.25) is 4.57 Å². The third kappa shape index (κ3) is 2.22. The van der Waals surface area contributed by atoms with Crippen molar-refractivity contribution in [3.63, 3.8) is 0 Å². The molecule has 0 unspecified atom stereocenters. The minimum atomic E-state index is 0.778. The number of imidazole rings is 1. The lowest BCUT2D eigenvalue weighted by Crippen LogP contribution is -2.38. The molecule has 1 aliphatic rings. The van der Waals surface area contributed by atoms with E-state index in [1.54, 1.807) is 12.4 Å². The summed E-state index contributed by atoms with van der Waals surface area (Å²) in [6, 6.07) is 7.82. The minimum absolute atomic E-state index is 0.778. The molecule has 6 heteroatoms. The summed E-state index contributed by atoms with van der Waals surface area (Å²) < 4.78 is 1.95. The van der Waals surface area contributed by atoms with Crippen molar-refractivity contribution in [3.05, 3.63) is 48.5 Å². The Labute approximate surface area is 128 Å². The van der Waals surface area contributed by atoms with Gasteiger partial charge < -0.3 is 4.90 Å². The van der Waals surface area contributed by atoms with Crippen molar-refractivity contribution in [2.75, 3.05) is 18.0 Å². The molecule has 0 N–H and O–H groups in total. The van der Waals surface area contributed by atoms with Crippen LogP contribution in [-0.4, -0.2) is 37.6 Å². The number of hydrogen-bond donors (Lipinski definition) is 0. The van der Waals surface area contributed by atoms with Crippen LogP contribution in [0, 0.1) is 6.92 Å². The van der Waals surface area contributed by atoms with Crippen LogP contribution in [0.15, 0.2) is 42.9 Å². The molecule has 6 nitrogen and oxygen atoms in total. The SMILES string of the molecule is Cc1cccc(-c2nccn2-c2ccnc(N3CCC3)n2)n1. The van der Waals surface area contributed by atoms with Crippen molar-refractivity contribution in [2.24, 2.45) is 0 Å². The molecule has 1 fully saturated rings. The summed E-state index contributed by atoms with van der Waals surface area (Å²) in [5, 5.41) is 0. The molecule has 0 bridgehead atoms. The second-order valence-corrected chi connectivity index (χ2v) is 5.34. The number of aromatic nitrogens is 5. The summed E-state index contributed by atoms with van der Waals surface area (Å²) in [6.45, 7) is 4.03. The zero-order chi connectivity index (χ0) is 14.9. The van der Waals surface area contributed by atoms with Gasteiger partial charge in [0.1, 0.15) is 11.5 Å². The molecular formula is C16H16N6. The first kappa shape index (κ1) is 12.9. The van der Waals surface area contributed by atoms with Gasteiger partial charge in [0, 0.05) is 37.4 Å². The molecule has 1 aliphatic heterocycles. The normalized spacial score (nSPS) is 14.0. The highest BCUT2D eigenvalue weighted by Crippen LogP contribution is 2.21. The fourth-order valence-electron chi connectivity index (χ4n) is 2.49. The molecule has 22 heavy (non-hydrogen) atoms. The number of aryl methyl sites for hydroxylation is 1. The van der Waals surface area contributed by atoms with Crippen LogP contribution in [0.5, 0.6) is 0 Å². The molecule has 0 aromatic carbocycles. The van der Waals surface area contributed by atoms with Crippen molar-refractivity contribution >= 4 is 5.95 Å². The van der Waals surface area contributed by atoms with Gasteiger partial charge in [0.2, 0.25) is 5.95 Å². The number of hydrogen-bond acceptors (Lipinski definition) is 5. The van der Waals surface area contributed by atoms with Crippen LogP contribution < -0.4 is 4.90 Å². The average molecular weight is 292 g/mol. The van der Waals surface area contributed by atoms with Gasteiger partial charge in [0.25, 0.3) is 0 Å². The smallest absolute Gasteiger partial charge is 0.227 e. The van der Waals surface area contributed by atoms with E-state index < -0.39 is 0 Å². The second kappa shape index (κ2) is 5.22. The largest absolute Gasteiger partial charge is 0.341 e. The summed E-state index contributed by atoms with van der Waals surface area (Å²) in [5.74, 6) is 2.38. The first-order valence-corrected chi connectivity index (χ1v) is 7.37. The summed E-state index contributed by atoms with van der Waals surface area (Å²) in [4.78, 5) is 20.2. The topological polar surface area (TPSA) is 59.7 Å². The van der Waals surface area contributed by atoms with Crippen LogP contribution >= 0.6 is 0 Å². The van der Waals surface area contributed by atoms with Gasteiger partial charge in [0.05, 0.1) is 0 Å². The average Bonchev–Trinajstić information content (AvgIpc) is 2.95. The molecule has 0 radical (unpaired) electrons. The zero-order valence-electron chi connectivity index (χ0n) is 12.3. The molecular weight excluding hydrogens is 276 g/mol. The molecule has 1 saturated heterocycles. The Hall–Kier alpha value is -2.76. The maximum atomic E-state index is 4.66. The first-order valence-electron chi connectivity index (χ1n) is 7.37. The predicted octanol–water partition coefficient (Wildman–Crippen LogP) is 2.24. The molecule has 0 atom stereocenters. The quantitative estimate of drug-likeness (QED) is 0.741. The van der Waals surface area contributed by atoms with Gasteiger partial charge in [-0.2, -0.15) is 4.98 Å². The maximum absolute atomic E-state index is 4.66. The fraction of sp³-hybridized carbons (Fsp3) is 0.250. The highest BCUT2D eigenvalue weighted by atomic mass is 15.3. The number of nitrogens with zero attached hydrogens (tertiary/aromatic N) is 6. The van der Waals surface area contributed by atoms with Gasteiger partial charge in [-0.15, -0.1) is 0 Å². The molecule has 0 amide bonds. The highest BCUT2D eigenvalue weighted by molar-refractivity contribution is 5.53. The fourth-order valence-corrected chi connectivity index (χ4v) is 2.49. The Morgan fingerprint density at radius 2 is 1.91 bits per heavy atom. The minimum Gasteiger partial charge on any atom is -0.341 e. The summed E-state index contributed by atoms with van der Waals surface area (Å²) in [6.07, 6.45) is 6.67. The van der Waals surface area contributed by atoms with E-state index in [1.807, 2.05) is 42.0 Å². The molecule has 0 spiro atoms. The van der Waals surface area contributed by atoms with E-state index in [0.29, 0.717) is 0 Å². The van der Waals surface area contributed by atoms with Crippen molar-refractivity contribution in [1.29, 1.82) is 0 Å². The number of anilines is 1. The third-order valence-electron chi connectivity index (χ3n) is 3.77. The Morgan fingerprint density at radius 1 is 1.00 bits per heavy atom. The van der Waals surface area contributed by atoms with Crippen LogP contribution in [0.4, 0.5) is 5.95 Å². The standard InChI is InChI=1S/C16H16N6/c1-12-4-2-5-13(19-12)15-17-8-11-22(15)14-6-7-18-16(20-14)21-9-3-10-21/h2,4-8,11H,3,9-10H2,1H3. The monoisotopic (exact) mass is 292 g/mol. The van der Waals surface area contributed by atoms with E-state index in [1.165, 1.54) is 6.42 Å². The van der Waals surface area contributed by atoms with Crippen LogP contribution in [0.3, 0.4) is 0 Å². The van der Waals surface area contributed by atoms with Crippen LogP contribution in [0.25, 0.3) is 17.3 Å². The molecule has 0 aliphatic carbocycles. The first-order chi connectivity index (χ1) is 10.8. The zero-order valence-corrected chi connectivity index (χ0v) is 12.3. The van der Waals surface area contributed by atoms with E-state index >= 15 is 0 Å². The molecule has 0 saturated carbocycles. The Kier molecular flexibility index (Phi) is 3.07. The van der Waals surface area contributed by atoms with Gasteiger partial charge in [0.15, 0.2) is 5.82 Å². The molecule has 3 aromatic rings. The van der Waals surface area contributed by atoms with Gasteiger partial charge in [-0.05, 0) is 31.5 Å². The predicted molar refractivity (Wildman–Crippen MR) is 84.0 cm³/mol. The van der Waals surface area contributed by atoms with E-state index in [0.717, 1.165) is 42.1 Å². The van der Waals surface area contributed by atoms with Gasteiger partial charge >= 0.3 is 0 Å². The number of pyridine rings is 1. The summed E-state index contributed by atoms with van der Waals surface area (Å²) >= 11 is 0. The lowest BCUT2D eigenvalue weighted by atomic mass is 10.2. The van der Waals surface area contributed by atoms with Crippen molar-refractivity contribution in [3.8, 4) is 17.3 Å². The molecule has 4 heterocycles. The summed E-state index contributed by atoms with van der Waals surface area (Å²) in [5.41, 5.74) is 1.81. The van der Waals surface area contributed by atoms with Crippen molar-refractivity contribution < 1.29 is 0 Å². The Morgan fingerprint density at radius 3 is 2.68 bits per heavy atom. The van der Waals surface area contributed by atoms with Crippen molar-refractivity contribution in [2.45, 2.75) is 13.3 Å². The number of rotatable bonds is 3. The molecule has 3 aromatic heterocycles. The second-order valence-electron chi connectivity index (χ2n) is 5.34. The lowest BCUT2D eigenvalue weighted by Gasteiger charge is -2.30. The van der Waals surface area contributed by atoms with E-state index in [-0.39, 0.29) is 0 Å². The molecule has 110 valence electrons. The van der Waals surface area contributed by atoms with E-state index in [2.05, 4.69) is 24.8 Å².